The highest BCUT2D eigenvalue weighted by molar-refractivity contribution is 4.85. The van der Waals surface area contributed by atoms with E-state index in [-0.39, 0.29) is 0 Å². The van der Waals surface area contributed by atoms with E-state index in [0.29, 0.717) is 6.04 Å². The molecule has 0 aromatic carbocycles. The van der Waals surface area contributed by atoms with Gasteiger partial charge in [-0.15, -0.1) is 10.2 Å². The fourth-order valence-corrected chi connectivity index (χ4v) is 2.92. The summed E-state index contributed by atoms with van der Waals surface area (Å²) in [5.74, 6) is 2.41. The highest BCUT2D eigenvalue weighted by Gasteiger charge is 2.16. The number of hydrogen-bond acceptors (Lipinski definition) is 4. The Morgan fingerprint density at radius 2 is 1.80 bits per heavy atom. The van der Waals surface area contributed by atoms with Crippen molar-refractivity contribution in [1.82, 2.24) is 15.5 Å². The van der Waals surface area contributed by atoms with Crippen LogP contribution in [0.15, 0.2) is 4.42 Å². The summed E-state index contributed by atoms with van der Waals surface area (Å²) in [4.78, 5) is 0. The van der Waals surface area contributed by atoms with Crippen molar-refractivity contribution in [2.75, 3.05) is 6.54 Å². The SMILES string of the molecule is CC(C)NCCCc1nnc(CC2CCCCCC2)o1. The van der Waals surface area contributed by atoms with Gasteiger partial charge in [-0.05, 0) is 31.7 Å². The maximum atomic E-state index is 5.78. The fourth-order valence-electron chi connectivity index (χ4n) is 2.92. The number of nitrogens with zero attached hydrogens (tertiary/aromatic N) is 2. The van der Waals surface area contributed by atoms with Gasteiger partial charge in [0.25, 0.3) is 0 Å². The van der Waals surface area contributed by atoms with Gasteiger partial charge in [-0.3, -0.25) is 0 Å². The first-order valence-corrected chi connectivity index (χ1v) is 8.28. The van der Waals surface area contributed by atoms with Gasteiger partial charge in [-0.25, -0.2) is 0 Å². The zero-order valence-electron chi connectivity index (χ0n) is 13.0. The molecule has 1 fully saturated rings. The molecule has 20 heavy (non-hydrogen) atoms. The van der Waals surface area contributed by atoms with E-state index < -0.39 is 0 Å². The summed E-state index contributed by atoms with van der Waals surface area (Å²) in [5, 5.41) is 11.8. The lowest BCUT2D eigenvalue weighted by Gasteiger charge is -2.10. The van der Waals surface area contributed by atoms with Crippen LogP contribution in [0.1, 0.15) is 70.6 Å². The van der Waals surface area contributed by atoms with Crippen LogP contribution in [-0.2, 0) is 12.8 Å². The second-order valence-electron chi connectivity index (χ2n) is 6.36. The number of rotatable bonds is 7. The van der Waals surface area contributed by atoms with Crippen molar-refractivity contribution in [3.05, 3.63) is 11.8 Å². The van der Waals surface area contributed by atoms with E-state index in [1.54, 1.807) is 0 Å². The Balaban J connectivity index is 1.71. The topological polar surface area (TPSA) is 51.0 Å². The minimum atomic E-state index is 0.545. The first-order valence-electron chi connectivity index (χ1n) is 8.28. The lowest BCUT2D eigenvalue weighted by Crippen LogP contribution is -2.23. The monoisotopic (exact) mass is 279 g/mol. The van der Waals surface area contributed by atoms with Gasteiger partial charge in [0.2, 0.25) is 11.8 Å². The van der Waals surface area contributed by atoms with Crippen molar-refractivity contribution in [2.45, 2.75) is 77.7 Å². The van der Waals surface area contributed by atoms with E-state index >= 15 is 0 Å². The molecule has 0 radical (unpaired) electrons. The summed E-state index contributed by atoms with van der Waals surface area (Å²) in [6, 6.07) is 0.545. The Morgan fingerprint density at radius 1 is 1.10 bits per heavy atom. The van der Waals surface area contributed by atoms with E-state index in [0.717, 1.165) is 43.5 Å². The molecule has 1 aromatic heterocycles. The summed E-state index contributed by atoms with van der Waals surface area (Å²) < 4.78 is 5.78. The summed E-state index contributed by atoms with van der Waals surface area (Å²) in [6.07, 6.45) is 11.1. The molecule has 0 unspecified atom stereocenters. The van der Waals surface area contributed by atoms with Gasteiger partial charge >= 0.3 is 0 Å². The van der Waals surface area contributed by atoms with Crippen LogP contribution in [0.25, 0.3) is 0 Å². The number of hydrogen-bond donors (Lipinski definition) is 1. The van der Waals surface area contributed by atoms with E-state index in [1.165, 1.54) is 38.5 Å². The number of aryl methyl sites for hydroxylation is 1. The number of aromatic nitrogens is 2. The molecule has 1 heterocycles. The summed E-state index contributed by atoms with van der Waals surface area (Å²) >= 11 is 0. The van der Waals surface area contributed by atoms with Gasteiger partial charge in [0, 0.05) is 18.9 Å². The molecule has 1 saturated carbocycles. The second kappa shape index (κ2) is 8.40. The zero-order valence-corrected chi connectivity index (χ0v) is 13.0. The van der Waals surface area contributed by atoms with Crippen LogP contribution in [0.5, 0.6) is 0 Å². The van der Waals surface area contributed by atoms with E-state index in [2.05, 4.69) is 29.4 Å². The maximum Gasteiger partial charge on any atom is 0.216 e. The molecule has 0 spiro atoms. The third kappa shape index (κ3) is 5.61. The maximum absolute atomic E-state index is 5.78. The first kappa shape index (κ1) is 15.5. The average Bonchev–Trinajstić information content (AvgIpc) is 2.69. The molecule has 114 valence electrons. The molecule has 0 aliphatic heterocycles. The van der Waals surface area contributed by atoms with Gasteiger partial charge in [-0.1, -0.05) is 39.5 Å². The molecule has 4 heteroatoms. The van der Waals surface area contributed by atoms with Crippen LogP contribution >= 0.6 is 0 Å². The van der Waals surface area contributed by atoms with E-state index in [9.17, 15) is 0 Å². The third-order valence-corrected chi connectivity index (χ3v) is 4.07. The van der Waals surface area contributed by atoms with Gasteiger partial charge in [0.1, 0.15) is 0 Å². The van der Waals surface area contributed by atoms with E-state index in [1.807, 2.05) is 0 Å². The minimum absolute atomic E-state index is 0.545. The lowest BCUT2D eigenvalue weighted by atomic mass is 9.97. The van der Waals surface area contributed by atoms with Crippen molar-refractivity contribution >= 4 is 0 Å². The van der Waals surface area contributed by atoms with Crippen LogP contribution < -0.4 is 5.32 Å². The smallest absolute Gasteiger partial charge is 0.216 e. The molecule has 1 aliphatic rings. The van der Waals surface area contributed by atoms with Crippen LogP contribution in [0.3, 0.4) is 0 Å². The zero-order chi connectivity index (χ0) is 14.2. The Morgan fingerprint density at radius 3 is 2.50 bits per heavy atom. The molecular weight excluding hydrogens is 250 g/mol. The molecule has 0 saturated heterocycles. The Hall–Kier alpha value is -0.900. The molecule has 1 N–H and O–H groups in total. The quantitative estimate of drug-likeness (QED) is 0.613. The Labute approximate surface area is 122 Å². The first-order chi connectivity index (χ1) is 9.74. The van der Waals surface area contributed by atoms with Crippen LogP contribution in [-0.4, -0.2) is 22.8 Å². The van der Waals surface area contributed by atoms with Gasteiger partial charge in [-0.2, -0.15) is 0 Å². The van der Waals surface area contributed by atoms with Gasteiger partial charge < -0.3 is 9.73 Å². The second-order valence-corrected chi connectivity index (χ2v) is 6.36. The molecule has 0 amide bonds. The van der Waals surface area contributed by atoms with Crippen molar-refractivity contribution in [3.63, 3.8) is 0 Å². The Bertz CT molecular complexity index is 368. The summed E-state index contributed by atoms with van der Waals surface area (Å²) in [7, 11) is 0. The van der Waals surface area contributed by atoms with Crippen LogP contribution in [0.4, 0.5) is 0 Å². The van der Waals surface area contributed by atoms with Gasteiger partial charge in [0.05, 0.1) is 0 Å². The highest BCUT2D eigenvalue weighted by atomic mass is 16.4. The molecule has 0 atom stereocenters. The molecule has 1 aliphatic carbocycles. The van der Waals surface area contributed by atoms with Gasteiger partial charge in [0.15, 0.2) is 0 Å². The molecule has 1 aromatic rings. The van der Waals surface area contributed by atoms with Crippen LogP contribution in [0, 0.1) is 5.92 Å². The summed E-state index contributed by atoms with van der Waals surface area (Å²) in [5.41, 5.74) is 0. The molecule has 4 nitrogen and oxygen atoms in total. The third-order valence-electron chi connectivity index (χ3n) is 4.07. The van der Waals surface area contributed by atoms with E-state index in [4.69, 9.17) is 4.42 Å². The van der Waals surface area contributed by atoms with Crippen LogP contribution in [0.2, 0.25) is 0 Å². The van der Waals surface area contributed by atoms with Crippen molar-refractivity contribution in [2.24, 2.45) is 5.92 Å². The molecular formula is C16H29N3O. The lowest BCUT2D eigenvalue weighted by molar-refractivity contribution is 0.377. The largest absolute Gasteiger partial charge is 0.425 e. The number of nitrogens with one attached hydrogen (secondary N) is 1. The average molecular weight is 279 g/mol. The molecule has 2 rings (SSSR count). The molecule has 0 bridgehead atoms. The van der Waals surface area contributed by atoms with Crippen molar-refractivity contribution in [1.29, 1.82) is 0 Å². The predicted octanol–water partition coefficient (Wildman–Crippen LogP) is 3.51. The minimum Gasteiger partial charge on any atom is -0.425 e. The predicted molar refractivity (Wildman–Crippen MR) is 80.7 cm³/mol. The Kier molecular flexibility index (Phi) is 6.51. The standard InChI is InChI=1S/C16H29N3O/c1-13(2)17-11-7-10-15-18-19-16(20-15)12-14-8-5-3-4-6-9-14/h13-14,17H,3-12H2,1-2H3. The highest BCUT2D eigenvalue weighted by Crippen LogP contribution is 2.25. The summed E-state index contributed by atoms with van der Waals surface area (Å²) in [6.45, 7) is 5.34. The van der Waals surface area contributed by atoms with Crippen molar-refractivity contribution in [3.8, 4) is 0 Å². The fraction of sp³-hybridized carbons (Fsp3) is 0.875. The van der Waals surface area contributed by atoms with Crippen molar-refractivity contribution < 1.29 is 4.42 Å². The normalized spacial score (nSPS) is 17.6.